The average molecular weight is 496 g/mol. The lowest BCUT2D eigenvalue weighted by molar-refractivity contribution is -0.384. The number of nitrogens with zero attached hydrogens (tertiary/aromatic N) is 2. The summed E-state index contributed by atoms with van der Waals surface area (Å²) in [5.41, 5.74) is 4.12. The van der Waals surface area contributed by atoms with E-state index in [1.807, 2.05) is 12.1 Å². The van der Waals surface area contributed by atoms with Crippen LogP contribution >= 0.6 is 22.9 Å². The van der Waals surface area contributed by atoms with Crippen LogP contribution in [0, 0.1) is 10.1 Å². The fraction of sp³-hybridized carbons (Fsp3) is 0.0833. The van der Waals surface area contributed by atoms with Gasteiger partial charge in [0.1, 0.15) is 6.61 Å². The average Bonchev–Trinajstić information content (AvgIpc) is 3.27. The van der Waals surface area contributed by atoms with Crippen LogP contribution in [0.5, 0.6) is 11.5 Å². The molecule has 0 atom stereocenters. The number of halogens is 1. The molecular weight excluding hydrogens is 478 g/mol. The van der Waals surface area contributed by atoms with E-state index in [2.05, 4.69) is 10.5 Å². The molecule has 0 fully saturated rings. The molecule has 1 heterocycles. The van der Waals surface area contributed by atoms with Crippen molar-refractivity contribution in [2.75, 3.05) is 7.11 Å². The number of rotatable bonds is 8. The molecule has 0 spiro atoms. The van der Waals surface area contributed by atoms with E-state index in [0.29, 0.717) is 39.0 Å². The number of amides is 1. The number of hydrogen-bond acceptors (Lipinski definition) is 7. The molecule has 0 bridgehead atoms. The quantitative estimate of drug-likeness (QED) is 0.188. The normalized spacial score (nSPS) is 11.0. The summed E-state index contributed by atoms with van der Waals surface area (Å²) in [4.78, 5) is 23.3. The van der Waals surface area contributed by atoms with Crippen molar-refractivity contribution in [3.05, 3.63) is 97.9 Å². The number of benzene rings is 3. The lowest BCUT2D eigenvalue weighted by atomic mass is 10.2. The minimum atomic E-state index is -0.469. The van der Waals surface area contributed by atoms with Gasteiger partial charge in [-0.15, -0.1) is 11.3 Å². The van der Waals surface area contributed by atoms with Gasteiger partial charge in [-0.25, -0.2) is 5.43 Å². The highest BCUT2D eigenvalue weighted by molar-refractivity contribution is 7.20. The van der Waals surface area contributed by atoms with Crippen molar-refractivity contribution in [2.24, 2.45) is 5.10 Å². The van der Waals surface area contributed by atoms with Crippen molar-refractivity contribution >= 4 is 50.8 Å². The third-order valence-corrected chi connectivity index (χ3v) is 6.18. The van der Waals surface area contributed by atoms with Crippen molar-refractivity contribution in [3.63, 3.8) is 0 Å². The van der Waals surface area contributed by atoms with Crippen LogP contribution in [0.4, 0.5) is 5.69 Å². The molecule has 0 radical (unpaired) electrons. The van der Waals surface area contributed by atoms with E-state index in [0.717, 1.165) is 10.3 Å². The zero-order valence-corrected chi connectivity index (χ0v) is 19.4. The Labute approximate surface area is 203 Å². The van der Waals surface area contributed by atoms with Crippen molar-refractivity contribution in [1.82, 2.24) is 5.43 Å². The maximum atomic E-state index is 12.4. The Balaban J connectivity index is 1.40. The van der Waals surface area contributed by atoms with Gasteiger partial charge in [-0.1, -0.05) is 23.7 Å². The molecule has 172 valence electrons. The number of nitro benzene ring substituents is 1. The topological polar surface area (TPSA) is 103 Å². The molecule has 0 aliphatic carbocycles. The second-order valence-corrected chi connectivity index (χ2v) is 8.63. The number of ether oxygens (including phenoxy) is 2. The Morgan fingerprint density at radius 3 is 2.65 bits per heavy atom. The zero-order valence-electron chi connectivity index (χ0n) is 17.9. The molecule has 0 saturated carbocycles. The summed E-state index contributed by atoms with van der Waals surface area (Å²) in [6.07, 6.45) is 1.49. The van der Waals surface area contributed by atoms with Gasteiger partial charge < -0.3 is 9.47 Å². The Hall–Kier alpha value is -3.95. The van der Waals surface area contributed by atoms with E-state index in [1.165, 1.54) is 29.7 Å². The molecule has 34 heavy (non-hydrogen) atoms. The van der Waals surface area contributed by atoms with Gasteiger partial charge in [-0.2, -0.15) is 5.10 Å². The Morgan fingerprint density at radius 2 is 1.91 bits per heavy atom. The zero-order chi connectivity index (χ0) is 24.1. The lowest BCUT2D eigenvalue weighted by Gasteiger charge is -2.11. The second-order valence-electron chi connectivity index (χ2n) is 7.11. The maximum absolute atomic E-state index is 12.4. The molecule has 3 aromatic carbocycles. The molecule has 4 aromatic rings. The number of hydrazone groups is 1. The molecule has 0 saturated heterocycles. The first-order valence-corrected chi connectivity index (χ1v) is 11.2. The van der Waals surface area contributed by atoms with E-state index < -0.39 is 10.8 Å². The molecule has 1 amide bonds. The number of nitro groups is 1. The number of fused-ring (bicyclic) bond motifs is 1. The number of carbonyl (C=O) groups excluding carboxylic acids is 1. The maximum Gasteiger partial charge on any atom is 0.281 e. The third-order valence-electron chi connectivity index (χ3n) is 4.81. The molecule has 0 aliphatic rings. The van der Waals surface area contributed by atoms with Crippen LogP contribution in [0.2, 0.25) is 5.02 Å². The minimum absolute atomic E-state index is 0.0233. The predicted molar refractivity (Wildman–Crippen MR) is 132 cm³/mol. The molecule has 4 rings (SSSR count). The van der Waals surface area contributed by atoms with Gasteiger partial charge in [-0.3, -0.25) is 14.9 Å². The molecule has 8 nitrogen and oxygen atoms in total. The fourth-order valence-electron chi connectivity index (χ4n) is 3.10. The van der Waals surface area contributed by atoms with E-state index in [4.69, 9.17) is 21.1 Å². The number of thiophene rings is 1. The molecule has 0 aliphatic heterocycles. The standard InChI is InChI=1S/C24H18ClN3O5S/c1-32-21-10-16(4-8-20(21)33-14-15-2-5-18(25)6-3-15)13-26-27-24(29)23-12-17-11-19(28(30)31)7-9-22(17)34-23/h2-13H,14H2,1H3,(H,27,29)/b26-13-. The smallest absolute Gasteiger partial charge is 0.281 e. The first kappa shape index (κ1) is 23.2. The van der Waals surface area contributed by atoms with E-state index in [9.17, 15) is 14.9 Å². The van der Waals surface area contributed by atoms with Crippen LogP contribution in [-0.2, 0) is 6.61 Å². The van der Waals surface area contributed by atoms with Crippen LogP contribution in [0.1, 0.15) is 20.8 Å². The fourth-order valence-corrected chi connectivity index (χ4v) is 4.16. The Kier molecular flexibility index (Phi) is 7.05. The lowest BCUT2D eigenvalue weighted by Crippen LogP contribution is -2.16. The van der Waals surface area contributed by atoms with E-state index in [-0.39, 0.29) is 5.69 Å². The highest BCUT2D eigenvalue weighted by Crippen LogP contribution is 2.30. The number of methoxy groups -OCH3 is 1. The number of hydrogen-bond donors (Lipinski definition) is 1. The Morgan fingerprint density at radius 1 is 1.12 bits per heavy atom. The van der Waals surface area contributed by atoms with Crippen molar-refractivity contribution in [3.8, 4) is 11.5 Å². The molecule has 10 heteroatoms. The van der Waals surface area contributed by atoms with Crippen LogP contribution in [-0.4, -0.2) is 24.2 Å². The first-order chi connectivity index (χ1) is 16.4. The van der Waals surface area contributed by atoms with Gasteiger partial charge in [0.05, 0.1) is 23.1 Å². The van der Waals surface area contributed by atoms with Gasteiger partial charge in [0.2, 0.25) is 0 Å². The van der Waals surface area contributed by atoms with Crippen molar-refractivity contribution in [2.45, 2.75) is 6.61 Å². The third kappa shape index (κ3) is 5.51. The van der Waals surface area contributed by atoms with Crippen LogP contribution in [0.3, 0.4) is 0 Å². The van der Waals surface area contributed by atoms with Crippen LogP contribution < -0.4 is 14.9 Å². The van der Waals surface area contributed by atoms with Gasteiger partial charge in [0.25, 0.3) is 11.6 Å². The van der Waals surface area contributed by atoms with Gasteiger partial charge in [0.15, 0.2) is 11.5 Å². The van der Waals surface area contributed by atoms with Crippen LogP contribution in [0.25, 0.3) is 10.1 Å². The second kappa shape index (κ2) is 10.3. The summed E-state index contributed by atoms with van der Waals surface area (Å²) < 4.78 is 12.0. The summed E-state index contributed by atoms with van der Waals surface area (Å²) >= 11 is 7.14. The Bertz CT molecular complexity index is 1390. The summed E-state index contributed by atoms with van der Waals surface area (Å²) in [5, 5.41) is 16.2. The highest BCUT2D eigenvalue weighted by atomic mass is 35.5. The monoisotopic (exact) mass is 495 g/mol. The van der Waals surface area contributed by atoms with Crippen LogP contribution in [0.15, 0.2) is 71.8 Å². The number of carbonyl (C=O) groups is 1. The highest BCUT2D eigenvalue weighted by Gasteiger charge is 2.13. The summed E-state index contributed by atoms with van der Waals surface area (Å²) in [5.74, 6) is 0.684. The summed E-state index contributed by atoms with van der Waals surface area (Å²) in [7, 11) is 1.54. The minimum Gasteiger partial charge on any atom is -0.493 e. The molecular formula is C24H18ClN3O5S. The van der Waals surface area contributed by atoms with Gasteiger partial charge >= 0.3 is 0 Å². The number of non-ortho nitro benzene ring substituents is 1. The first-order valence-electron chi connectivity index (χ1n) is 9.99. The summed E-state index contributed by atoms with van der Waals surface area (Å²) in [6, 6.07) is 18.7. The summed E-state index contributed by atoms with van der Waals surface area (Å²) in [6.45, 7) is 0.356. The van der Waals surface area contributed by atoms with Gasteiger partial charge in [-0.05, 0) is 53.6 Å². The van der Waals surface area contributed by atoms with E-state index >= 15 is 0 Å². The van der Waals surface area contributed by atoms with E-state index in [1.54, 1.807) is 49.6 Å². The number of nitrogens with one attached hydrogen (secondary N) is 1. The molecule has 1 aromatic heterocycles. The van der Waals surface area contributed by atoms with Crippen molar-refractivity contribution < 1.29 is 19.2 Å². The molecule has 0 unspecified atom stereocenters. The SMILES string of the molecule is COc1cc(/C=N\NC(=O)c2cc3cc([N+](=O)[O-])ccc3s2)ccc1OCc1ccc(Cl)cc1. The molecule has 1 N–H and O–H groups in total. The largest absolute Gasteiger partial charge is 0.493 e. The van der Waals surface area contributed by atoms with Crippen molar-refractivity contribution in [1.29, 1.82) is 0 Å². The predicted octanol–water partition coefficient (Wildman–Crippen LogP) is 5.81. The van der Waals surface area contributed by atoms with Gasteiger partial charge in [0, 0.05) is 27.2 Å².